The molecule has 0 radical (unpaired) electrons. The first kappa shape index (κ1) is 11.5. The van der Waals surface area contributed by atoms with Gasteiger partial charge in [-0.1, -0.05) is 17.7 Å². The predicted octanol–water partition coefficient (Wildman–Crippen LogP) is 2.16. The van der Waals surface area contributed by atoms with E-state index < -0.39 is 6.04 Å². The first-order valence-electron chi connectivity index (χ1n) is 5.30. The van der Waals surface area contributed by atoms with E-state index in [2.05, 4.69) is 4.98 Å². The minimum absolute atomic E-state index is 0.327. The zero-order valence-corrected chi connectivity index (χ0v) is 9.52. The molecular weight excluding hydrogens is 217 g/mol. The van der Waals surface area contributed by atoms with Crippen molar-refractivity contribution in [1.29, 1.82) is 0 Å². The molecule has 88 valence electrons. The normalized spacial score (nSPS) is 12.4. The fraction of sp³-hybridized carbons (Fsp3) is 0.154. The summed E-state index contributed by atoms with van der Waals surface area (Å²) in [6, 6.07) is 5.91. The number of aromatic nitrogens is 1. The van der Waals surface area contributed by atoms with Gasteiger partial charge in [0.25, 0.3) is 0 Å². The average molecular weight is 231 g/mol. The smallest absolute Gasteiger partial charge is 0.128 e. The first-order chi connectivity index (χ1) is 8.09. The Morgan fingerprint density at radius 3 is 2.71 bits per heavy atom. The van der Waals surface area contributed by atoms with E-state index in [1.807, 2.05) is 6.92 Å². The number of nitrogen functional groups attached to an aromatic ring is 1. The lowest BCUT2D eigenvalue weighted by Crippen LogP contribution is -2.16. The molecule has 0 aliphatic carbocycles. The lowest BCUT2D eigenvalue weighted by Gasteiger charge is -2.15. The number of pyridine rings is 1. The molecule has 0 amide bonds. The Hall–Kier alpha value is -1.94. The fourth-order valence-corrected chi connectivity index (χ4v) is 1.75. The van der Waals surface area contributed by atoms with Gasteiger partial charge in [-0.3, -0.25) is 4.98 Å². The van der Waals surface area contributed by atoms with E-state index in [1.165, 1.54) is 6.07 Å². The van der Waals surface area contributed by atoms with Gasteiger partial charge in [-0.15, -0.1) is 0 Å². The molecule has 0 bridgehead atoms. The van der Waals surface area contributed by atoms with E-state index in [4.69, 9.17) is 11.5 Å². The molecule has 0 saturated carbocycles. The van der Waals surface area contributed by atoms with Gasteiger partial charge in [0.1, 0.15) is 5.82 Å². The van der Waals surface area contributed by atoms with Gasteiger partial charge in [0, 0.05) is 29.2 Å². The second kappa shape index (κ2) is 4.51. The molecule has 2 aromatic rings. The van der Waals surface area contributed by atoms with E-state index in [1.54, 1.807) is 30.6 Å². The third-order valence-electron chi connectivity index (χ3n) is 2.71. The molecule has 0 fully saturated rings. The molecule has 17 heavy (non-hydrogen) atoms. The molecule has 1 unspecified atom stereocenters. The highest BCUT2D eigenvalue weighted by Gasteiger charge is 2.16. The number of nitrogens with zero attached hydrogens (tertiary/aromatic N) is 1. The van der Waals surface area contributed by atoms with Crippen molar-refractivity contribution >= 4 is 5.69 Å². The maximum absolute atomic E-state index is 13.7. The van der Waals surface area contributed by atoms with Crippen molar-refractivity contribution in [2.75, 3.05) is 5.73 Å². The van der Waals surface area contributed by atoms with Crippen LogP contribution in [-0.4, -0.2) is 4.98 Å². The summed E-state index contributed by atoms with van der Waals surface area (Å²) in [7, 11) is 0. The van der Waals surface area contributed by atoms with E-state index in [-0.39, 0.29) is 5.82 Å². The van der Waals surface area contributed by atoms with Gasteiger partial charge in [-0.2, -0.15) is 0 Å². The number of nitrogens with two attached hydrogens (primary N) is 2. The molecular formula is C13H14FN3. The summed E-state index contributed by atoms with van der Waals surface area (Å²) in [6.45, 7) is 1.89. The molecule has 4 heteroatoms. The van der Waals surface area contributed by atoms with Gasteiger partial charge in [-0.25, -0.2) is 4.39 Å². The highest BCUT2D eigenvalue weighted by molar-refractivity contribution is 5.49. The standard InChI is InChI=1S/C13H14FN3/c1-8-2-3-11(14)9(6-8)13(16)10-7-17-5-4-12(10)15/h2-7,13H,16H2,1H3,(H2,15,17). The van der Waals surface area contributed by atoms with Crippen molar-refractivity contribution in [2.45, 2.75) is 13.0 Å². The summed E-state index contributed by atoms with van der Waals surface area (Å²) in [6.07, 6.45) is 3.15. The van der Waals surface area contributed by atoms with Gasteiger partial charge in [0.05, 0.1) is 6.04 Å². The molecule has 0 spiro atoms. The number of anilines is 1. The van der Waals surface area contributed by atoms with Crippen LogP contribution in [0.3, 0.4) is 0 Å². The molecule has 2 rings (SSSR count). The maximum atomic E-state index is 13.7. The van der Waals surface area contributed by atoms with Crippen LogP contribution in [0.4, 0.5) is 10.1 Å². The van der Waals surface area contributed by atoms with Crippen LogP contribution in [0.2, 0.25) is 0 Å². The third-order valence-corrected chi connectivity index (χ3v) is 2.71. The molecule has 4 N–H and O–H groups in total. The van der Waals surface area contributed by atoms with Crippen LogP contribution in [0.25, 0.3) is 0 Å². The monoisotopic (exact) mass is 231 g/mol. The number of aryl methyl sites for hydroxylation is 1. The Bertz CT molecular complexity index is 540. The topological polar surface area (TPSA) is 64.9 Å². The summed E-state index contributed by atoms with van der Waals surface area (Å²) < 4.78 is 13.7. The Labute approximate surface area is 99.3 Å². The van der Waals surface area contributed by atoms with Gasteiger partial charge in [-0.05, 0) is 19.1 Å². The molecule has 1 aromatic heterocycles. The van der Waals surface area contributed by atoms with E-state index in [0.29, 0.717) is 16.8 Å². The first-order valence-corrected chi connectivity index (χ1v) is 5.30. The van der Waals surface area contributed by atoms with E-state index in [9.17, 15) is 4.39 Å². The zero-order chi connectivity index (χ0) is 12.4. The lowest BCUT2D eigenvalue weighted by atomic mass is 9.98. The summed E-state index contributed by atoms with van der Waals surface area (Å²) >= 11 is 0. The van der Waals surface area contributed by atoms with Crippen molar-refractivity contribution in [2.24, 2.45) is 5.73 Å². The van der Waals surface area contributed by atoms with Crippen molar-refractivity contribution in [3.63, 3.8) is 0 Å². The summed E-state index contributed by atoms with van der Waals surface area (Å²) in [4.78, 5) is 3.96. The quantitative estimate of drug-likeness (QED) is 0.832. The Morgan fingerprint density at radius 1 is 1.24 bits per heavy atom. The highest BCUT2D eigenvalue weighted by Crippen LogP contribution is 2.26. The zero-order valence-electron chi connectivity index (χ0n) is 9.52. The van der Waals surface area contributed by atoms with Crippen LogP contribution in [-0.2, 0) is 0 Å². The SMILES string of the molecule is Cc1ccc(F)c(C(N)c2cnccc2N)c1. The van der Waals surface area contributed by atoms with Crippen LogP contribution in [0.1, 0.15) is 22.7 Å². The van der Waals surface area contributed by atoms with Crippen LogP contribution in [0.5, 0.6) is 0 Å². The van der Waals surface area contributed by atoms with Crippen molar-refractivity contribution in [1.82, 2.24) is 4.98 Å². The van der Waals surface area contributed by atoms with E-state index >= 15 is 0 Å². The van der Waals surface area contributed by atoms with Gasteiger partial charge >= 0.3 is 0 Å². The number of rotatable bonds is 2. The molecule has 1 heterocycles. The second-order valence-electron chi connectivity index (χ2n) is 4.01. The Balaban J connectivity index is 2.47. The molecule has 1 atom stereocenters. The van der Waals surface area contributed by atoms with E-state index in [0.717, 1.165) is 5.56 Å². The van der Waals surface area contributed by atoms with Gasteiger partial charge < -0.3 is 11.5 Å². The lowest BCUT2D eigenvalue weighted by molar-refractivity contribution is 0.599. The highest BCUT2D eigenvalue weighted by atomic mass is 19.1. The number of benzene rings is 1. The number of hydrogen-bond donors (Lipinski definition) is 2. The van der Waals surface area contributed by atoms with Crippen molar-refractivity contribution in [3.05, 3.63) is 59.2 Å². The molecule has 1 aromatic carbocycles. The summed E-state index contributed by atoms with van der Waals surface area (Å²) in [5.41, 5.74) is 14.4. The molecule has 0 aliphatic rings. The predicted molar refractivity (Wildman–Crippen MR) is 65.8 cm³/mol. The maximum Gasteiger partial charge on any atom is 0.128 e. The Morgan fingerprint density at radius 2 is 2.00 bits per heavy atom. The summed E-state index contributed by atoms with van der Waals surface area (Å²) in [5.74, 6) is -0.327. The molecule has 0 saturated heterocycles. The second-order valence-corrected chi connectivity index (χ2v) is 4.01. The minimum Gasteiger partial charge on any atom is -0.398 e. The summed E-state index contributed by atoms with van der Waals surface area (Å²) in [5, 5.41) is 0. The van der Waals surface area contributed by atoms with Crippen LogP contribution >= 0.6 is 0 Å². The Kier molecular flexibility index (Phi) is 3.06. The van der Waals surface area contributed by atoms with Gasteiger partial charge in [0.2, 0.25) is 0 Å². The van der Waals surface area contributed by atoms with Gasteiger partial charge in [0.15, 0.2) is 0 Å². The van der Waals surface area contributed by atoms with Crippen LogP contribution < -0.4 is 11.5 Å². The average Bonchev–Trinajstić information content (AvgIpc) is 2.32. The fourth-order valence-electron chi connectivity index (χ4n) is 1.75. The largest absolute Gasteiger partial charge is 0.398 e. The van der Waals surface area contributed by atoms with Crippen molar-refractivity contribution in [3.8, 4) is 0 Å². The van der Waals surface area contributed by atoms with Crippen LogP contribution in [0.15, 0.2) is 36.7 Å². The minimum atomic E-state index is -0.594. The molecule has 3 nitrogen and oxygen atoms in total. The number of halogens is 1. The molecule has 0 aliphatic heterocycles. The third kappa shape index (κ3) is 2.26. The van der Waals surface area contributed by atoms with Crippen LogP contribution in [0, 0.1) is 12.7 Å². The number of hydrogen-bond acceptors (Lipinski definition) is 3. The van der Waals surface area contributed by atoms with Crippen molar-refractivity contribution < 1.29 is 4.39 Å².